The highest BCUT2D eigenvalue weighted by atomic mass is 14.2. The molecule has 1 atom stereocenters. The van der Waals surface area contributed by atoms with E-state index < -0.39 is 0 Å². The SMILES string of the molecule is CCCCC1CC=C(c2ccc(-c3ccc(C4CCC(C)CC4)cc3)cc2)CC1. The topological polar surface area (TPSA) is 0 Å². The molecule has 0 aliphatic heterocycles. The highest BCUT2D eigenvalue weighted by Gasteiger charge is 2.19. The Hall–Kier alpha value is -1.82. The maximum absolute atomic E-state index is 2.51. The third kappa shape index (κ3) is 5.21. The molecule has 4 rings (SSSR count). The van der Waals surface area contributed by atoms with Crippen LogP contribution in [0.5, 0.6) is 0 Å². The molecule has 1 saturated carbocycles. The largest absolute Gasteiger partial charge is 0.0804 e. The van der Waals surface area contributed by atoms with Crippen molar-refractivity contribution in [1.82, 2.24) is 0 Å². The van der Waals surface area contributed by atoms with Crippen molar-refractivity contribution in [2.24, 2.45) is 11.8 Å². The van der Waals surface area contributed by atoms with Gasteiger partial charge in [-0.2, -0.15) is 0 Å². The summed E-state index contributed by atoms with van der Waals surface area (Å²) in [6.07, 6.45) is 16.1. The Morgan fingerprint density at radius 3 is 1.97 bits per heavy atom. The van der Waals surface area contributed by atoms with Crippen molar-refractivity contribution in [2.75, 3.05) is 0 Å². The summed E-state index contributed by atoms with van der Waals surface area (Å²) in [7, 11) is 0. The van der Waals surface area contributed by atoms with Crippen LogP contribution >= 0.6 is 0 Å². The average molecular weight is 387 g/mol. The normalized spacial score (nSPS) is 24.9. The minimum absolute atomic E-state index is 0.780. The molecular weight excluding hydrogens is 348 g/mol. The van der Waals surface area contributed by atoms with E-state index in [-0.39, 0.29) is 0 Å². The maximum atomic E-state index is 2.51. The first-order chi connectivity index (χ1) is 14.2. The highest BCUT2D eigenvalue weighted by Crippen LogP contribution is 2.37. The zero-order valence-electron chi connectivity index (χ0n) is 18.5. The fourth-order valence-electron chi connectivity index (χ4n) is 5.32. The minimum Gasteiger partial charge on any atom is -0.0804 e. The molecule has 0 spiro atoms. The van der Waals surface area contributed by atoms with Gasteiger partial charge >= 0.3 is 0 Å². The van der Waals surface area contributed by atoms with Gasteiger partial charge in [0, 0.05) is 0 Å². The molecule has 0 heteroatoms. The fourth-order valence-corrected chi connectivity index (χ4v) is 5.32. The zero-order chi connectivity index (χ0) is 20.1. The smallest absolute Gasteiger partial charge is 0.0162 e. The number of hydrogen-bond donors (Lipinski definition) is 0. The lowest BCUT2D eigenvalue weighted by Crippen LogP contribution is -2.10. The van der Waals surface area contributed by atoms with Crippen molar-refractivity contribution < 1.29 is 0 Å². The molecule has 2 aliphatic rings. The molecule has 0 heterocycles. The number of allylic oxidation sites excluding steroid dienone is 2. The Morgan fingerprint density at radius 2 is 1.38 bits per heavy atom. The molecular formula is C29H38. The van der Waals surface area contributed by atoms with E-state index in [1.54, 1.807) is 11.1 Å². The van der Waals surface area contributed by atoms with Crippen LogP contribution in [-0.2, 0) is 0 Å². The molecule has 29 heavy (non-hydrogen) atoms. The molecule has 2 aromatic carbocycles. The lowest BCUT2D eigenvalue weighted by atomic mass is 9.79. The molecule has 0 N–H and O–H groups in total. The summed E-state index contributed by atoms with van der Waals surface area (Å²) in [6.45, 7) is 4.70. The van der Waals surface area contributed by atoms with Crippen LogP contribution < -0.4 is 0 Å². The van der Waals surface area contributed by atoms with Crippen LogP contribution in [0.2, 0.25) is 0 Å². The van der Waals surface area contributed by atoms with E-state index in [1.807, 2.05) is 0 Å². The van der Waals surface area contributed by atoms with Crippen molar-refractivity contribution >= 4 is 5.57 Å². The van der Waals surface area contributed by atoms with Crippen molar-refractivity contribution in [3.8, 4) is 11.1 Å². The Kier molecular flexibility index (Phi) is 6.90. The average Bonchev–Trinajstić information content (AvgIpc) is 2.79. The quantitative estimate of drug-likeness (QED) is 0.464. The molecule has 2 aliphatic carbocycles. The van der Waals surface area contributed by atoms with Gasteiger partial charge in [-0.15, -0.1) is 0 Å². The summed E-state index contributed by atoms with van der Waals surface area (Å²) < 4.78 is 0. The van der Waals surface area contributed by atoms with Gasteiger partial charge in [0.05, 0.1) is 0 Å². The van der Waals surface area contributed by atoms with Crippen molar-refractivity contribution in [3.05, 3.63) is 65.7 Å². The third-order valence-electron chi connectivity index (χ3n) is 7.47. The Bertz CT molecular complexity index is 785. The van der Waals surface area contributed by atoms with Gasteiger partial charge in [0.15, 0.2) is 0 Å². The summed E-state index contributed by atoms with van der Waals surface area (Å²) in [6, 6.07) is 18.7. The first-order valence-electron chi connectivity index (χ1n) is 12.1. The highest BCUT2D eigenvalue weighted by molar-refractivity contribution is 5.71. The van der Waals surface area contributed by atoms with Crippen LogP contribution in [-0.4, -0.2) is 0 Å². The van der Waals surface area contributed by atoms with Crippen LogP contribution in [0.4, 0.5) is 0 Å². The lowest BCUT2D eigenvalue weighted by molar-refractivity contribution is 0.348. The molecule has 0 bridgehead atoms. The Balaban J connectivity index is 1.38. The van der Waals surface area contributed by atoms with E-state index in [1.165, 1.54) is 80.9 Å². The van der Waals surface area contributed by atoms with Crippen LogP contribution in [0.3, 0.4) is 0 Å². The van der Waals surface area contributed by atoms with Crippen LogP contribution in [0.25, 0.3) is 16.7 Å². The van der Waals surface area contributed by atoms with Gasteiger partial charge in [-0.25, -0.2) is 0 Å². The van der Waals surface area contributed by atoms with Crippen molar-refractivity contribution in [1.29, 1.82) is 0 Å². The summed E-state index contributed by atoms with van der Waals surface area (Å²) >= 11 is 0. The maximum Gasteiger partial charge on any atom is -0.0162 e. The van der Waals surface area contributed by atoms with Gasteiger partial charge in [0.1, 0.15) is 0 Å². The van der Waals surface area contributed by atoms with Gasteiger partial charge in [0.25, 0.3) is 0 Å². The molecule has 0 saturated heterocycles. The number of benzene rings is 2. The molecule has 1 unspecified atom stereocenters. The van der Waals surface area contributed by atoms with Gasteiger partial charge in [-0.3, -0.25) is 0 Å². The molecule has 0 amide bonds. The van der Waals surface area contributed by atoms with E-state index >= 15 is 0 Å². The van der Waals surface area contributed by atoms with Crippen LogP contribution in [0, 0.1) is 11.8 Å². The lowest BCUT2D eigenvalue weighted by Gasteiger charge is -2.26. The second-order valence-corrected chi connectivity index (χ2v) is 9.67. The standard InChI is InChI=1S/C29H38/c1-3-4-5-23-8-12-25(13-9-23)27-16-20-29(21-17-27)28-18-14-26(15-19-28)24-10-6-22(2)7-11-24/h12,14-24H,3-11,13H2,1-2H3. The predicted octanol–water partition coefficient (Wildman–Crippen LogP) is 9.02. The second kappa shape index (κ2) is 9.79. The predicted molar refractivity (Wildman–Crippen MR) is 127 cm³/mol. The first-order valence-corrected chi connectivity index (χ1v) is 12.1. The summed E-state index contributed by atoms with van der Waals surface area (Å²) in [4.78, 5) is 0. The van der Waals surface area contributed by atoms with E-state index in [0.717, 1.165) is 17.8 Å². The summed E-state index contributed by atoms with van der Waals surface area (Å²) in [5, 5.41) is 0. The molecule has 0 radical (unpaired) electrons. The number of rotatable bonds is 6. The Morgan fingerprint density at radius 1 is 0.759 bits per heavy atom. The number of unbranched alkanes of at least 4 members (excludes halogenated alkanes) is 1. The third-order valence-corrected chi connectivity index (χ3v) is 7.47. The fraction of sp³-hybridized carbons (Fsp3) is 0.517. The number of hydrogen-bond acceptors (Lipinski definition) is 0. The molecule has 154 valence electrons. The summed E-state index contributed by atoms with van der Waals surface area (Å²) in [5.74, 6) is 2.62. The van der Waals surface area contributed by atoms with E-state index in [2.05, 4.69) is 68.5 Å². The van der Waals surface area contributed by atoms with Crippen LogP contribution in [0.15, 0.2) is 54.6 Å². The molecule has 0 aromatic heterocycles. The van der Waals surface area contributed by atoms with Gasteiger partial charge in [-0.1, -0.05) is 101 Å². The molecule has 2 aromatic rings. The monoisotopic (exact) mass is 386 g/mol. The Labute approximate surface area is 178 Å². The van der Waals surface area contributed by atoms with Gasteiger partial charge in [0.2, 0.25) is 0 Å². The molecule has 0 nitrogen and oxygen atoms in total. The van der Waals surface area contributed by atoms with Crippen LogP contribution in [0.1, 0.15) is 95.1 Å². The van der Waals surface area contributed by atoms with Crippen molar-refractivity contribution in [3.63, 3.8) is 0 Å². The summed E-state index contributed by atoms with van der Waals surface area (Å²) in [5.41, 5.74) is 7.22. The zero-order valence-corrected chi connectivity index (χ0v) is 18.5. The molecule has 1 fully saturated rings. The van der Waals surface area contributed by atoms with Gasteiger partial charge in [-0.05, 0) is 77.7 Å². The van der Waals surface area contributed by atoms with Gasteiger partial charge < -0.3 is 0 Å². The first kappa shape index (κ1) is 20.5. The van der Waals surface area contributed by atoms with E-state index in [4.69, 9.17) is 0 Å². The van der Waals surface area contributed by atoms with E-state index in [0.29, 0.717) is 0 Å². The van der Waals surface area contributed by atoms with E-state index in [9.17, 15) is 0 Å². The minimum atomic E-state index is 0.780. The second-order valence-electron chi connectivity index (χ2n) is 9.67. The van der Waals surface area contributed by atoms with Crippen molar-refractivity contribution in [2.45, 2.75) is 84.0 Å².